The molecule has 4 rings (SSSR count). The Bertz CT molecular complexity index is 976. The molecule has 0 saturated carbocycles. The third-order valence-electron chi connectivity index (χ3n) is 5.60. The molecular weight excluding hydrogens is 372 g/mol. The molecule has 29 heavy (non-hydrogen) atoms. The summed E-state index contributed by atoms with van der Waals surface area (Å²) in [6.45, 7) is 1.53. The number of carbonyl (C=O) groups excluding carboxylic acids is 1. The van der Waals surface area contributed by atoms with E-state index in [0.29, 0.717) is 17.2 Å². The van der Waals surface area contributed by atoms with Gasteiger partial charge in [-0.15, -0.1) is 0 Å². The van der Waals surface area contributed by atoms with Crippen molar-refractivity contribution in [3.05, 3.63) is 47.0 Å². The molecule has 7 nitrogen and oxygen atoms in total. The number of benzene rings is 2. The largest absolute Gasteiger partial charge is 0.497 e. The maximum Gasteiger partial charge on any atom is 0.240 e. The van der Waals surface area contributed by atoms with Gasteiger partial charge in [0.1, 0.15) is 5.75 Å². The van der Waals surface area contributed by atoms with Gasteiger partial charge in [-0.25, -0.2) is 5.01 Å². The van der Waals surface area contributed by atoms with Crippen molar-refractivity contribution in [3.8, 4) is 23.0 Å². The van der Waals surface area contributed by atoms with Gasteiger partial charge < -0.3 is 18.9 Å². The van der Waals surface area contributed by atoms with Crippen LogP contribution in [0.2, 0.25) is 0 Å². The van der Waals surface area contributed by atoms with E-state index in [1.54, 1.807) is 33.4 Å². The molecule has 7 heteroatoms. The third-order valence-corrected chi connectivity index (χ3v) is 5.60. The Morgan fingerprint density at radius 1 is 1.00 bits per heavy atom. The van der Waals surface area contributed by atoms with Gasteiger partial charge in [-0.05, 0) is 41.8 Å². The first-order valence-corrected chi connectivity index (χ1v) is 9.37. The highest BCUT2D eigenvalue weighted by Gasteiger charge is 2.45. The van der Waals surface area contributed by atoms with Crippen LogP contribution >= 0.6 is 0 Å². The molecule has 0 bridgehead atoms. The second-order valence-electron chi connectivity index (χ2n) is 7.09. The van der Waals surface area contributed by atoms with Gasteiger partial charge in [0.05, 0.1) is 40.2 Å². The van der Waals surface area contributed by atoms with Gasteiger partial charge in [0, 0.05) is 18.4 Å². The highest BCUT2D eigenvalue weighted by atomic mass is 16.5. The molecule has 1 amide bonds. The molecule has 2 atom stereocenters. The predicted octanol–water partition coefficient (Wildman–Crippen LogP) is 3.20. The Kier molecular flexibility index (Phi) is 4.82. The summed E-state index contributed by atoms with van der Waals surface area (Å²) in [5.41, 5.74) is 4.04. The first-order valence-electron chi connectivity index (χ1n) is 9.37. The molecule has 0 N–H and O–H groups in total. The van der Waals surface area contributed by atoms with Crippen LogP contribution in [-0.2, 0) is 11.2 Å². The number of nitrogens with zero attached hydrogens (tertiary/aromatic N) is 2. The number of fused-ring (bicyclic) bond motifs is 3. The smallest absolute Gasteiger partial charge is 0.240 e. The summed E-state index contributed by atoms with van der Waals surface area (Å²) in [4.78, 5) is 12.4. The van der Waals surface area contributed by atoms with Gasteiger partial charge in [-0.1, -0.05) is 6.07 Å². The van der Waals surface area contributed by atoms with Crippen LogP contribution < -0.4 is 18.9 Å². The highest BCUT2D eigenvalue weighted by Crippen LogP contribution is 2.48. The fraction of sp³-hybridized carbons (Fsp3) is 0.364. The van der Waals surface area contributed by atoms with Crippen molar-refractivity contribution >= 4 is 11.6 Å². The first-order chi connectivity index (χ1) is 14.0. The summed E-state index contributed by atoms with van der Waals surface area (Å²) in [6, 6.07) is 9.55. The number of ether oxygens (including phenoxy) is 4. The van der Waals surface area contributed by atoms with Gasteiger partial charge in [-0.2, -0.15) is 5.10 Å². The Hall–Kier alpha value is -3.22. The second kappa shape index (κ2) is 7.31. The van der Waals surface area contributed by atoms with Crippen molar-refractivity contribution in [2.75, 3.05) is 28.4 Å². The van der Waals surface area contributed by atoms with Crippen LogP contribution in [0.3, 0.4) is 0 Å². The van der Waals surface area contributed by atoms with Crippen molar-refractivity contribution in [3.63, 3.8) is 0 Å². The maximum absolute atomic E-state index is 12.4. The van der Waals surface area contributed by atoms with E-state index < -0.39 is 0 Å². The predicted molar refractivity (Wildman–Crippen MR) is 108 cm³/mol. The topological polar surface area (TPSA) is 69.6 Å². The fourth-order valence-electron chi connectivity index (χ4n) is 4.28. The van der Waals surface area contributed by atoms with Gasteiger partial charge in [-0.3, -0.25) is 4.79 Å². The van der Waals surface area contributed by atoms with Crippen LogP contribution in [0.1, 0.15) is 29.7 Å². The summed E-state index contributed by atoms with van der Waals surface area (Å²) in [6.07, 6.45) is 0.795. The number of amides is 1. The summed E-state index contributed by atoms with van der Waals surface area (Å²) in [7, 11) is 6.38. The van der Waals surface area contributed by atoms with Gasteiger partial charge in [0.25, 0.3) is 0 Å². The van der Waals surface area contributed by atoms with Crippen LogP contribution in [0.4, 0.5) is 0 Å². The first kappa shape index (κ1) is 19.1. The lowest BCUT2D eigenvalue weighted by molar-refractivity contribution is -0.131. The minimum absolute atomic E-state index is 0.0452. The summed E-state index contributed by atoms with van der Waals surface area (Å²) in [5.74, 6) is 2.33. The average molecular weight is 396 g/mol. The average Bonchev–Trinajstić information content (AvgIpc) is 3.28. The van der Waals surface area contributed by atoms with Gasteiger partial charge in [0.15, 0.2) is 11.5 Å². The summed E-state index contributed by atoms with van der Waals surface area (Å²) >= 11 is 0. The van der Waals surface area contributed by atoms with Crippen LogP contribution in [0.5, 0.6) is 23.0 Å². The zero-order chi connectivity index (χ0) is 20.7. The van der Waals surface area contributed by atoms with Crippen LogP contribution in [-0.4, -0.2) is 45.1 Å². The van der Waals surface area contributed by atoms with Crippen molar-refractivity contribution in [2.45, 2.75) is 19.4 Å². The molecule has 2 aromatic carbocycles. The lowest BCUT2D eigenvalue weighted by atomic mass is 9.89. The lowest BCUT2D eigenvalue weighted by Crippen LogP contribution is -2.29. The van der Waals surface area contributed by atoms with E-state index in [4.69, 9.17) is 24.0 Å². The number of hydrogen-bond acceptors (Lipinski definition) is 6. The lowest BCUT2D eigenvalue weighted by Gasteiger charge is -2.26. The molecule has 0 fully saturated rings. The second-order valence-corrected chi connectivity index (χ2v) is 7.09. The zero-order valence-electron chi connectivity index (χ0n) is 17.2. The Morgan fingerprint density at radius 3 is 2.24 bits per heavy atom. The van der Waals surface area contributed by atoms with Crippen LogP contribution in [0.15, 0.2) is 35.4 Å². The van der Waals surface area contributed by atoms with Crippen LogP contribution in [0.25, 0.3) is 0 Å². The third kappa shape index (κ3) is 2.97. The standard InChI is InChI=1S/C22H24N2O5/c1-12(25)24-21(14-9-18(27-3)22(29-5)19(10-14)28-4)17-8-13-6-7-15(26-2)11-16(13)20(17)23-24/h6-7,9-11,17,21H,8H2,1-5H3. The quantitative estimate of drug-likeness (QED) is 0.776. The number of hydrogen-bond donors (Lipinski definition) is 0. The Balaban J connectivity index is 1.82. The Labute approximate surface area is 169 Å². The molecule has 1 aliphatic heterocycles. The monoisotopic (exact) mass is 396 g/mol. The van der Waals surface area contributed by atoms with E-state index in [-0.39, 0.29) is 17.9 Å². The molecule has 2 unspecified atom stereocenters. The minimum atomic E-state index is -0.255. The van der Waals surface area contributed by atoms with Gasteiger partial charge in [0.2, 0.25) is 11.7 Å². The van der Waals surface area contributed by atoms with E-state index in [1.807, 2.05) is 24.3 Å². The molecule has 0 saturated heterocycles. The number of hydrazone groups is 1. The van der Waals surface area contributed by atoms with E-state index >= 15 is 0 Å². The number of rotatable bonds is 5. The highest BCUT2D eigenvalue weighted by molar-refractivity contribution is 6.08. The molecule has 0 radical (unpaired) electrons. The normalized spacial score (nSPS) is 19.3. The van der Waals surface area contributed by atoms with E-state index in [2.05, 4.69) is 6.07 Å². The maximum atomic E-state index is 12.4. The molecule has 1 aliphatic carbocycles. The van der Waals surface area contributed by atoms with Crippen molar-refractivity contribution < 1.29 is 23.7 Å². The molecule has 0 aromatic heterocycles. The SMILES string of the molecule is COc1ccc2c(c1)C1=NN(C(C)=O)C(c3cc(OC)c(OC)c(OC)c3)C1C2. The molecule has 0 spiro atoms. The van der Waals surface area contributed by atoms with Crippen molar-refractivity contribution in [1.29, 1.82) is 0 Å². The fourth-order valence-corrected chi connectivity index (χ4v) is 4.28. The van der Waals surface area contributed by atoms with Crippen molar-refractivity contribution in [1.82, 2.24) is 5.01 Å². The van der Waals surface area contributed by atoms with Crippen molar-refractivity contribution in [2.24, 2.45) is 11.0 Å². The summed E-state index contributed by atoms with van der Waals surface area (Å²) < 4.78 is 21.8. The molecule has 2 aliphatic rings. The van der Waals surface area contributed by atoms with E-state index in [1.165, 1.54) is 12.5 Å². The van der Waals surface area contributed by atoms with E-state index in [0.717, 1.165) is 29.0 Å². The van der Waals surface area contributed by atoms with Crippen LogP contribution in [0, 0.1) is 5.92 Å². The number of carbonyl (C=O) groups is 1. The molecular formula is C22H24N2O5. The number of methoxy groups -OCH3 is 4. The Morgan fingerprint density at radius 2 is 1.69 bits per heavy atom. The molecule has 2 aromatic rings. The van der Waals surface area contributed by atoms with E-state index in [9.17, 15) is 4.79 Å². The van der Waals surface area contributed by atoms with Gasteiger partial charge >= 0.3 is 0 Å². The molecule has 1 heterocycles. The minimum Gasteiger partial charge on any atom is -0.497 e. The summed E-state index contributed by atoms with van der Waals surface area (Å²) in [5, 5.41) is 6.27. The zero-order valence-corrected chi connectivity index (χ0v) is 17.2. The molecule has 152 valence electrons.